The molecule has 4 rings (SSSR count). The van der Waals surface area contributed by atoms with Gasteiger partial charge in [0.25, 0.3) is 5.91 Å². The zero-order valence-electron chi connectivity index (χ0n) is 18.8. The van der Waals surface area contributed by atoms with Gasteiger partial charge in [0.15, 0.2) is 17.7 Å². The molecule has 2 unspecified atom stereocenters. The fraction of sp³-hybridized carbons (Fsp3) is 0.391. The molecule has 0 radical (unpaired) electrons. The number of carbonyl (C=O) groups is 2. The summed E-state index contributed by atoms with van der Waals surface area (Å²) in [5.41, 5.74) is 2.09. The SMILES string of the molecule is CCOc1cc([C@@H](CS(C)(=O)=O)N2C(=O)c3cccc(NC(C)=O)c3C3OC32)ccc1OC. The second-order valence-electron chi connectivity index (χ2n) is 8.06. The molecule has 2 aromatic carbocycles. The van der Waals surface area contributed by atoms with Crippen molar-refractivity contribution in [2.45, 2.75) is 32.2 Å². The average Bonchev–Trinajstić information content (AvgIpc) is 3.52. The first-order valence-electron chi connectivity index (χ1n) is 10.5. The van der Waals surface area contributed by atoms with E-state index in [4.69, 9.17) is 14.2 Å². The minimum Gasteiger partial charge on any atom is -0.493 e. The number of nitrogens with zero attached hydrogens (tertiary/aromatic N) is 1. The first-order valence-corrected chi connectivity index (χ1v) is 12.6. The molecule has 1 fully saturated rings. The topological polar surface area (TPSA) is 115 Å². The van der Waals surface area contributed by atoms with Crippen LogP contribution >= 0.6 is 0 Å². The maximum absolute atomic E-state index is 13.6. The Hall–Kier alpha value is -3.11. The van der Waals surface area contributed by atoms with Gasteiger partial charge in [0.2, 0.25) is 5.91 Å². The van der Waals surface area contributed by atoms with Gasteiger partial charge in [-0.1, -0.05) is 12.1 Å². The molecule has 176 valence electrons. The molecule has 0 bridgehead atoms. The second kappa shape index (κ2) is 8.68. The molecule has 2 heterocycles. The molecule has 2 aliphatic rings. The standard InChI is InChI=1S/C23H26N2O7S/c1-5-31-19-11-14(9-10-18(19)30-3)17(12-33(4,28)29)25-22(27)15-7-6-8-16(24-13(2)26)20(15)21-23(25)32-21/h6-11,17,21,23H,5,12H2,1-4H3,(H,24,26)/t17-,21?,23?/m1/s1. The van der Waals surface area contributed by atoms with Crippen molar-refractivity contribution in [3.63, 3.8) is 0 Å². The second-order valence-corrected chi connectivity index (χ2v) is 10.2. The number of sulfone groups is 1. The van der Waals surface area contributed by atoms with E-state index in [1.165, 1.54) is 18.9 Å². The highest BCUT2D eigenvalue weighted by molar-refractivity contribution is 7.90. The Balaban J connectivity index is 1.79. The Morgan fingerprint density at radius 2 is 2.00 bits per heavy atom. The summed E-state index contributed by atoms with van der Waals surface area (Å²) in [4.78, 5) is 26.7. The summed E-state index contributed by atoms with van der Waals surface area (Å²) in [6, 6.07) is 9.37. The highest BCUT2D eigenvalue weighted by Gasteiger charge is 2.56. The molecule has 33 heavy (non-hydrogen) atoms. The summed E-state index contributed by atoms with van der Waals surface area (Å²) in [7, 11) is -1.95. The van der Waals surface area contributed by atoms with Gasteiger partial charge in [-0.25, -0.2) is 8.42 Å². The van der Waals surface area contributed by atoms with Crippen LogP contribution in [0.4, 0.5) is 5.69 Å². The highest BCUT2D eigenvalue weighted by Crippen LogP contribution is 2.52. The molecular weight excluding hydrogens is 448 g/mol. The van der Waals surface area contributed by atoms with Gasteiger partial charge >= 0.3 is 0 Å². The van der Waals surface area contributed by atoms with Crippen LogP contribution in [0, 0.1) is 0 Å². The minimum atomic E-state index is -3.47. The molecule has 3 atom stereocenters. The maximum Gasteiger partial charge on any atom is 0.256 e. The zero-order valence-corrected chi connectivity index (χ0v) is 19.6. The van der Waals surface area contributed by atoms with Gasteiger partial charge in [0.1, 0.15) is 15.9 Å². The van der Waals surface area contributed by atoms with Crippen molar-refractivity contribution < 1.29 is 32.2 Å². The molecule has 1 saturated heterocycles. The lowest BCUT2D eigenvalue weighted by Gasteiger charge is -2.34. The molecule has 1 N–H and O–H groups in total. The molecule has 0 spiro atoms. The number of methoxy groups -OCH3 is 1. The lowest BCUT2D eigenvalue weighted by Crippen LogP contribution is -2.43. The minimum absolute atomic E-state index is 0.257. The zero-order chi connectivity index (χ0) is 23.9. The van der Waals surface area contributed by atoms with Gasteiger partial charge in [0.05, 0.1) is 25.5 Å². The third-order valence-electron chi connectivity index (χ3n) is 5.58. The summed E-state index contributed by atoms with van der Waals surface area (Å²) < 4.78 is 41.6. The van der Waals surface area contributed by atoms with Crippen LogP contribution < -0.4 is 14.8 Å². The third kappa shape index (κ3) is 4.53. The number of fused-ring (bicyclic) bond motifs is 3. The van der Waals surface area contributed by atoms with Gasteiger partial charge in [-0.15, -0.1) is 0 Å². The van der Waals surface area contributed by atoms with Gasteiger partial charge < -0.3 is 24.4 Å². The largest absolute Gasteiger partial charge is 0.493 e. The number of hydrogen-bond acceptors (Lipinski definition) is 7. The Morgan fingerprint density at radius 1 is 1.24 bits per heavy atom. The molecule has 0 saturated carbocycles. The van der Waals surface area contributed by atoms with Crippen LogP contribution in [0.2, 0.25) is 0 Å². The summed E-state index contributed by atoms with van der Waals surface area (Å²) in [5, 5.41) is 2.74. The predicted octanol–water partition coefficient (Wildman–Crippen LogP) is 2.69. The smallest absolute Gasteiger partial charge is 0.256 e. The Kier molecular flexibility index (Phi) is 6.06. The van der Waals surface area contributed by atoms with Crippen molar-refractivity contribution in [2.75, 3.05) is 31.0 Å². The number of epoxide rings is 1. The van der Waals surface area contributed by atoms with Crippen LogP contribution in [0.3, 0.4) is 0 Å². The number of amides is 2. The van der Waals surface area contributed by atoms with E-state index in [0.29, 0.717) is 40.5 Å². The molecule has 10 heteroatoms. The third-order valence-corrected chi connectivity index (χ3v) is 6.50. The number of anilines is 1. The van der Waals surface area contributed by atoms with E-state index in [-0.39, 0.29) is 17.6 Å². The average molecular weight is 475 g/mol. The summed E-state index contributed by atoms with van der Waals surface area (Å²) in [5.74, 6) is 0.0614. The van der Waals surface area contributed by atoms with Crippen molar-refractivity contribution in [1.82, 2.24) is 4.90 Å². The van der Waals surface area contributed by atoms with Gasteiger partial charge in [-0.05, 0) is 36.8 Å². The molecule has 2 aliphatic heterocycles. The van der Waals surface area contributed by atoms with E-state index in [2.05, 4.69) is 5.32 Å². The Labute approximate surface area is 192 Å². The van der Waals surface area contributed by atoms with Gasteiger partial charge in [-0.3, -0.25) is 9.59 Å². The number of ether oxygens (including phenoxy) is 3. The van der Waals surface area contributed by atoms with Crippen molar-refractivity contribution in [3.8, 4) is 11.5 Å². The lowest BCUT2D eigenvalue weighted by atomic mass is 9.94. The van der Waals surface area contributed by atoms with E-state index < -0.39 is 28.2 Å². The van der Waals surface area contributed by atoms with Crippen LogP contribution in [-0.4, -0.2) is 57.1 Å². The van der Waals surface area contributed by atoms with Crippen molar-refractivity contribution >= 4 is 27.3 Å². The van der Waals surface area contributed by atoms with E-state index in [9.17, 15) is 18.0 Å². The monoisotopic (exact) mass is 474 g/mol. The Bertz CT molecular complexity index is 1210. The van der Waals surface area contributed by atoms with E-state index in [0.717, 1.165) is 6.26 Å². The number of hydrogen-bond donors (Lipinski definition) is 1. The quantitative estimate of drug-likeness (QED) is 0.585. The lowest BCUT2D eigenvalue weighted by molar-refractivity contribution is -0.114. The summed E-state index contributed by atoms with van der Waals surface area (Å²) >= 11 is 0. The first-order chi connectivity index (χ1) is 15.6. The molecule has 2 aromatic rings. The number of benzene rings is 2. The summed E-state index contributed by atoms with van der Waals surface area (Å²) in [6.45, 7) is 3.62. The molecule has 2 amide bonds. The van der Waals surface area contributed by atoms with Crippen LogP contribution in [0.5, 0.6) is 11.5 Å². The van der Waals surface area contributed by atoms with Crippen LogP contribution in [0.1, 0.15) is 47.5 Å². The molecule has 9 nitrogen and oxygen atoms in total. The van der Waals surface area contributed by atoms with Crippen LogP contribution in [0.25, 0.3) is 0 Å². The first kappa shape index (κ1) is 23.1. The normalized spacial score (nSPS) is 19.9. The number of nitrogens with one attached hydrogen (secondary N) is 1. The summed E-state index contributed by atoms with van der Waals surface area (Å²) in [6.07, 6.45) is 0.0480. The Morgan fingerprint density at radius 3 is 2.64 bits per heavy atom. The molecule has 0 aliphatic carbocycles. The number of carbonyl (C=O) groups excluding carboxylic acids is 2. The predicted molar refractivity (Wildman–Crippen MR) is 121 cm³/mol. The van der Waals surface area contributed by atoms with Crippen molar-refractivity contribution in [2.24, 2.45) is 0 Å². The van der Waals surface area contributed by atoms with E-state index >= 15 is 0 Å². The number of rotatable bonds is 8. The van der Waals surface area contributed by atoms with Gasteiger partial charge in [-0.2, -0.15) is 0 Å². The van der Waals surface area contributed by atoms with E-state index in [1.54, 1.807) is 36.4 Å². The highest BCUT2D eigenvalue weighted by atomic mass is 32.2. The fourth-order valence-electron chi connectivity index (χ4n) is 4.25. The maximum atomic E-state index is 13.6. The fourth-order valence-corrected chi connectivity index (χ4v) is 5.18. The van der Waals surface area contributed by atoms with Crippen LogP contribution in [-0.2, 0) is 19.4 Å². The van der Waals surface area contributed by atoms with E-state index in [1.807, 2.05) is 6.92 Å². The van der Waals surface area contributed by atoms with Crippen molar-refractivity contribution in [1.29, 1.82) is 0 Å². The van der Waals surface area contributed by atoms with Crippen LogP contribution in [0.15, 0.2) is 36.4 Å². The molecular formula is C23H26N2O7S. The van der Waals surface area contributed by atoms with Gasteiger partial charge in [0, 0.05) is 30.0 Å². The van der Waals surface area contributed by atoms with Crippen molar-refractivity contribution in [3.05, 3.63) is 53.1 Å². The molecule has 0 aromatic heterocycles.